The number of fused-ring (bicyclic) bond motifs is 1. The van der Waals surface area contributed by atoms with E-state index in [9.17, 15) is 4.79 Å². The van der Waals surface area contributed by atoms with Gasteiger partial charge in [-0.1, -0.05) is 53.6 Å². The maximum atomic E-state index is 13.5. The van der Waals surface area contributed by atoms with Gasteiger partial charge in [0.2, 0.25) is 0 Å². The van der Waals surface area contributed by atoms with E-state index in [1.807, 2.05) is 18.2 Å². The van der Waals surface area contributed by atoms with Crippen molar-refractivity contribution in [1.82, 2.24) is 9.97 Å². The van der Waals surface area contributed by atoms with Crippen LogP contribution >= 0.6 is 34.5 Å². The monoisotopic (exact) mass is 441 g/mol. The highest BCUT2D eigenvalue weighted by Crippen LogP contribution is 2.33. The molecule has 0 N–H and O–H groups in total. The van der Waals surface area contributed by atoms with Gasteiger partial charge in [-0.15, -0.1) is 0 Å². The zero-order chi connectivity index (χ0) is 20.4. The standard InChI is InChI=1S/C22H17Cl2N3OS/c1-2-14-5-8-19-20(10-14)29-22(26-19)27(13-15-4-3-9-25-12-15)21(28)17-11-16(23)6-7-18(17)24/h3-12H,2,13H2,1H3. The molecule has 0 atom stereocenters. The summed E-state index contributed by atoms with van der Waals surface area (Å²) in [5.74, 6) is -0.254. The van der Waals surface area contributed by atoms with Crippen molar-refractivity contribution in [3.8, 4) is 0 Å². The second kappa shape index (κ2) is 8.49. The number of aromatic nitrogens is 2. The zero-order valence-electron chi connectivity index (χ0n) is 15.6. The molecule has 4 rings (SSSR count). The number of benzene rings is 2. The molecule has 146 valence electrons. The summed E-state index contributed by atoms with van der Waals surface area (Å²) in [5.41, 5.74) is 3.34. The van der Waals surface area contributed by atoms with Crippen molar-refractivity contribution in [2.75, 3.05) is 4.90 Å². The summed E-state index contributed by atoms with van der Waals surface area (Å²) >= 11 is 13.9. The van der Waals surface area contributed by atoms with Crippen molar-refractivity contribution >= 4 is 55.8 Å². The maximum Gasteiger partial charge on any atom is 0.261 e. The van der Waals surface area contributed by atoms with Crippen molar-refractivity contribution in [2.45, 2.75) is 19.9 Å². The van der Waals surface area contributed by atoms with E-state index < -0.39 is 0 Å². The summed E-state index contributed by atoms with van der Waals surface area (Å²) in [6.45, 7) is 2.44. The van der Waals surface area contributed by atoms with Gasteiger partial charge in [0.25, 0.3) is 5.91 Å². The summed E-state index contributed by atoms with van der Waals surface area (Å²) in [6.07, 6.45) is 4.38. The first-order valence-corrected chi connectivity index (χ1v) is 10.7. The molecule has 0 saturated heterocycles. The van der Waals surface area contributed by atoms with E-state index in [2.05, 4.69) is 24.0 Å². The predicted octanol–water partition coefficient (Wildman–Crippen LogP) is 6.41. The SMILES string of the molecule is CCc1ccc2nc(N(Cc3cccnc3)C(=O)c3cc(Cl)ccc3Cl)sc2c1. The predicted molar refractivity (Wildman–Crippen MR) is 120 cm³/mol. The molecule has 2 heterocycles. The van der Waals surface area contributed by atoms with E-state index in [0.29, 0.717) is 27.3 Å². The molecule has 0 aliphatic rings. The number of hydrogen-bond acceptors (Lipinski definition) is 4. The van der Waals surface area contributed by atoms with Crippen LogP contribution < -0.4 is 4.90 Å². The Hall–Kier alpha value is -2.47. The molecule has 2 aromatic carbocycles. The molecule has 0 aliphatic heterocycles. The third-order valence-corrected chi connectivity index (χ3v) is 6.15. The Balaban J connectivity index is 1.79. The molecule has 0 unspecified atom stereocenters. The number of carbonyl (C=O) groups excluding carboxylic acids is 1. The highest BCUT2D eigenvalue weighted by atomic mass is 35.5. The minimum absolute atomic E-state index is 0.254. The molecule has 29 heavy (non-hydrogen) atoms. The van der Waals surface area contributed by atoms with Gasteiger partial charge < -0.3 is 0 Å². The summed E-state index contributed by atoms with van der Waals surface area (Å²) < 4.78 is 1.04. The van der Waals surface area contributed by atoms with E-state index in [1.54, 1.807) is 35.5 Å². The molecule has 0 aliphatic carbocycles. The van der Waals surface area contributed by atoms with Gasteiger partial charge in [0.15, 0.2) is 5.13 Å². The molecule has 0 saturated carbocycles. The number of pyridine rings is 1. The quantitative estimate of drug-likeness (QED) is 0.359. The number of hydrogen-bond donors (Lipinski definition) is 0. The van der Waals surface area contributed by atoms with Gasteiger partial charge in [-0.25, -0.2) is 4.98 Å². The lowest BCUT2D eigenvalue weighted by Crippen LogP contribution is -2.30. The molecule has 0 bridgehead atoms. The van der Waals surface area contributed by atoms with Crippen LogP contribution in [-0.4, -0.2) is 15.9 Å². The number of anilines is 1. The average molecular weight is 442 g/mol. The number of rotatable bonds is 5. The topological polar surface area (TPSA) is 46.1 Å². The van der Waals surface area contributed by atoms with Gasteiger partial charge in [-0.3, -0.25) is 14.7 Å². The smallest absolute Gasteiger partial charge is 0.261 e. The molecule has 0 radical (unpaired) electrons. The Bertz CT molecular complexity index is 1180. The van der Waals surface area contributed by atoms with Crippen LogP contribution in [0.15, 0.2) is 60.9 Å². The van der Waals surface area contributed by atoms with Crippen LogP contribution in [0.1, 0.15) is 28.4 Å². The van der Waals surface area contributed by atoms with Crippen molar-refractivity contribution < 1.29 is 4.79 Å². The third-order valence-electron chi connectivity index (χ3n) is 4.55. The van der Waals surface area contributed by atoms with E-state index in [4.69, 9.17) is 28.2 Å². The van der Waals surface area contributed by atoms with E-state index in [-0.39, 0.29) is 5.91 Å². The van der Waals surface area contributed by atoms with Crippen LogP contribution in [0.4, 0.5) is 5.13 Å². The normalized spacial score (nSPS) is 11.0. The van der Waals surface area contributed by atoms with Crippen molar-refractivity contribution in [3.63, 3.8) is 0 Å². The molecule has 1 amide bonds. The fraction of sp³-hybridized carbons (Fsp3) is 0.136. The Morgan fingerprint density at radius 1 is 1.10 bits per heavy atom. The summed E-state index contributed by atoms with van der Waals surface area (Å²) in [6, 6.07) is 14.8. The number of halogens is 2. The van der Waals surface area contributed by atoms with Crippen molar-refractivity contribution in [2.24, 2.45) is 0 Å². The first-order valence-electron chi connectivity index (χ1n) is 9.10. The molecule has 4 aromatic rings. The number of carbonyl (C=O) groups is 1. The molecule has 7 heteroatoms. The second-order valence-electron chi connectivity index (χ2n) is 6.53. The van der Waals surface area contributed by atoms with Crippen LogP contribution in [0.5, 0.6) is 0 Å². The van der Waals surface area contributed by atoms with Crippen LogP contribution in [0.3, 0.4) is 0 Å². The molecule has 2 aromatic heterocycles. The molecular formula is C22H17Cl2N3OS. The number of amides is 1. The van der Waals surface area contributed by atoms with Crippen LogP contribution in [-0.2, 0) is 13.0 Å². The fourth-order valence-corrected chi connectivity index (χ4v) is 4.40. The minimum Gasteiger partial charge on any atom is -0.279 e. The molecular weight excluding hydrogens is 425 g/mol. The van der Waals surface area contributed by atoms with Gasteiger partial charge in [0, 0.05) is 17.4 Å². The Morgan fingerprint density at radius 3 is 2.72 bits per heavy atom. The average Bonchev–Trinajstić information content (AvgIpc) is 3.16. The van der Waals surface area contributed by atoms with E-state index in [0.717, 1.165) is 22.2 Å². The largest absolute Gasteiger partial charge is 0.279 e. The van der Waals surface area contributed by atoms with Gasteiger partial charge in [-0.2, -0.15) is 0 Å². The molecule has 0 fully saturated rings. The maximum absolute atomic E-state index is 13.5. The third kappa shape index (κ3) is 4.27. The van der Waals surface area contributed by atoms with Gasteiger partial charge in [-0.05, 0) is 53.9 Å². The highest BCUT2D eigenvalue weighted by molar-refractivity contribution is 7.22. The summed E-state index contributed by atoms with van der Waals surface area (Å²) in [4.78, 5) is 24.0. The number of thiazole rings is 1. The lowest BCUT2D eigenvalue weighted by molar-refractivity contribution is 0.0985. The molecule has 4 nitrogen and oxygen atoms in total. The summed E-state index contributed by atoms with van der Waals surface area (Å²) in [5, 5.41) is 1.42. The molecule has 0 spiro atoms. The van der Waals surface area contributed by atoms with Crippen LogP contribution in [0.25, 0.3) is 10.2 Å². The Morgan fingerprint density at radius 2 is 1.97 bits per heavy atom. The van der Waals surface area contributed by atoms with E-state index in [1.165, 1.54) is 16.9 Å². The lowest BCUT2D eigenvalue weighted by Gasteiger charge is -2.20. The van der Waals surface area contributed by atoms with Crippen LogP contribution in [0, 0.1) is 0 Å². The van der Waals surface area contributed by atoms with Gasteiger partial charge in [0.1, 0.15) is 0 Å². The minimum atomic E-state index is -0.254. The Kier molecular flexibility index (Phi) is 5.81. The number of nitrogens with zero attached hydrogens (tertiary/aromatic N) is 3. The number of aryl methyl sites for hydroxylation is 1. The fourth-order valence-electron chi connectivity index (χ4n) is 3.00. The second-order valence-corrected chi connectivity index (χ2v) is 8.38. The lowest BCUT2D eigenvalue weighted by atomic mass is 10.2. The van der Waals surface area contributed by atoms with Crippen molar-refractivity contribution in [3.05, 3.63) is 87.7 Å². The van der Waals surface area contributed by atoms with Gasteiger partial charge >= 0.3 is 0 Å². The van der Waals surface area contributed by atoms with Crippen LogP contribution in [0.2, 0.25) is 10.0 Å². The van der Waals surface area contributed by atoms with Gasteiger partial charge in [0.05, 0.1) is 27.3 Å². The zero-order valence-corrected chi connectivity index (χ0v) is 17.9. The van der Waals surface area contributed by atoms with Crippen molar-refractivity contribution in [1.29, 1.82) is 0 Å². The van der Waals surface area contributed by atoms with E-state index >= 15 is 0 Å². The Labute approximate surface area is 182 Å². The summed E-state index contributed by atoms with van der Waals surface area (Å²) in [7, 11) is 0. The first-order chi connectivity index (χ1) is 14.0. The first kappa shape index (κ1) is 19.8. The highest BCUT2D eigenvalue weighted by Gasteiger charge is 2.24.